The van der Waals surface area contributed by atoms with Gasteiger partial charge in [0.25, 0.3) is 0 Å². The highest BCUT2D eigenvalue weighted by molar-refractivity contribution is 7.89. The van der Waals surface area contributed by atoms with Crippen molar-refractivity contribution in [3.8, 4) is 0 Å². The van der Waals surface area contributed by atoms with Crippen LogP contribution in [-0.4, -0.2) is 32.3 Å². The van der Waals surface area contributed by atoms with Crippen molar-refractivity contribution in [3.63, 3.8) is 0 Å². The molecule has 0 atom stereocenters. The van der Waals surface area contributed by atoms with Crippen molar-refractivity contribution in [2.75, 3.05) is 18.9 Å². The van der Waals surface area contributed by atoms with Crippen molar-refractivity contribution in [2.45, 2.75) is 33.8 Å². The number of H-pyrrole nitrogens is 1. The molecule has 0 aliphatic rings. The second-order valence-electron chi connectivity index (χ2n) is 7.23. The van der Waals surface area contributed by atoms with Crippen LogP contribution in [-0.2, 0) is 27.8 Å². The summed E-state index contributed by atoms with van der Waals surface area (Å²) in [6.07, 6.45) is 0.652. The first kappa shape index (κ1) is 20.6. The van der Waals surface area contributed by atoms with Crippen molar-refractivity contribution in [3.05, 3.63) is 70.4 Å². The first-order valence-electron chi connectivity index (χ1n) is 9.53. The molecular formula is C22H28N2O3S. The van der Waals surface area contributed by atoms with E-state index in [4.69, 9.17) is 4.74 Å². The second-order valence-corrected chi connectivity index (χ2v) is 9.16. The molecule has 0 aliphatic heterocycles. The van der Waals surface area contributed by atoms with Crippen LogP contribution in [0.1, 0.15) is 27.9 Å². The molecule has 2 N–H and O–H groups in total. The van der Waals surface area contributed by atoms with Crippen LogP contribution in [0.15, 0.2) is 42.5 Å². The summed E-state index contributed by atoms with van der Waals surface area (Å²) in [5.74, 6) is -0.0368. The van der Waals surface area contributed by atoms with Crippen LogP contribution in [0.2, 0.25) is 0 Å². The molecule has 28 heavy (non-hydrogen) atoms. The first-order valence-corrected chi connectivity index (χ1v) is 11.2. The van der Waals surface area contributed by atoms with Gasteiger partial charge in [0.1, 0.15) is 0 Å². The van der Waals surface area contributed by atoms with Gasteiger partial charge in [-0.1, -0.05) is 42.0 Å². The van der Waals surface area contributed by atoms with E-state index in [9.17, 15) is 8.42 Å². The van der Waals surface area contributed by atoms with Gasteiger partial charge in [-0.15, -0.1) is 0 Å². The van der Waals surface area contributed by atoms with Crippen LogP contribution >= 0.6 is 0 Å². The third kappa shape index (κ3) is 5.22. The number of aromatic amines is 1. The summed E-state index contributed by atoms with van der Waals surface area (Å²) >= 11 is 0. The Balaban J connectivity index is 1.51. The Hall–Kier alpha value is -2.15. The zero-order chi connectivity index (χ0) is 20.1. The van der Waals surface area contributed by atoms with Gasteiger partial charge in [-0.05, 0) is 49.9 Å². The van der Waals surface area contributed by atoms with Crippen LogP contribution in [0.5, 0.6) is 0 Å². The maximum absolute atomic E-state index is 12.2. The van der Waals surface area contributed by atoms with E-state index in [1.807, 2.05) is 37.3 Å². The summed E-state index contributed by atoms with van der Waals surface area (Å²) in [4.78, 5) is 3.43. The minimum atomic E-state index is -3.36. The quantitative estimate of drug-likeness (QED) is 0.537. The standard InChI is InChI=1S/C22H28N2O3S/c1-16-13-17(2)22-21(14-16)20(18(3)24-22)9-10-23-28(25,26)12-11-27-15-19-7-5-4-6-8-19/h4-8,13-14,23-24H,9-12,15H2,1-3H3. The van der Waals surface area contributed by atoms with Gasteiger partial charge in [-0.2, -0.15) is 0 Å². The predicted molar refractivity (Wildman–Crippen MR) is 114 cm³/mol. The molecule has 0 unspecified atom stereocenters. The molecule has 0 spiro atoms. The molecule has 0 saturated heterocycles. The largest absolute Gasteiger partial charge is 0.376 e. The van der Waals surface area contributed by atoms with E-state index in [1.54, 1.807) is 0 Å². The highest BCUT2D eigenvalue weighted by atomic mass is 32.2. The van der Waals surface area contributed by atoms with Crippen LogP contribution in [0.25, 0.3) is 10.9 Å². The summed E-state index contributed by atoms with van der Waals surface area (Å²) in [5, 5.41) is 1.18. The van der Waals surface area contributed by atoms with Crippen molar-refractivity contribution in [1.29, 1.82) is 0 Å². The number of aryl methyl sites for hydroxylation is 3. The van der Waals surface area contributed by atoms with Gasteiger partial charge in [0.2, 0.25) is 10.0 Å². The molecule has 150 valence electrons. The minimum absolute atomic E-state index is 0.0368. The van der Waals surface area contributed by atoms with E-state index >= 15 is 0 Å². The van der Waals surface area contributed by atoms with Crippen LogP contribution in [0.4, 0.5) is 0 Å². The Morgan fingerprint density at radius 1 is 1.07 bits per heavy atom. The van der Waals surface area contributed by atoms with Crippen molar-refractivity contribution in [2.24, 2.45) is 0 Å². The summed E-state index contributed by atoms with van der Waals surface area (Å²) < 4.78 is 32.6. The highest BCUT2D eigenvalue weighted by Crippen LogP contribution is 2.26. The topological polar surface area (TPSA) is 71.2 Å². The van der Waals surface area contributed by atoms with Crippen LogP contribution in [0, 0.1) is 20.8 Å². The van der Waals surface area contributed by atoms with Gasteiger partial charge in [-0.3, -0.25) is 0 Å². The smallest absolute Gasteiger partial charge is 0.213 e. The Labute approximate surface area is 167 Å². The van der Waals surface area contributed by atoms with E-state index in [1.165, 1.54) is 22.1 Å². The lowest BCUT2D eigenvalue weighted by Crippen LogP contribution is -2.30. The maximum Gasteiger partial charge on any atom is 0.213 e. The predicted octanol–water partition coefficient (Wildman–Crippen LogP) is 3.77. The Bertz CT molecular complexity index is 1040. The third-order valence-electron chi connectivity index (χ3n) is 4.88. The summed E-state index contributed by atoms with van der Waals surface area (Å²) in [6.45, 7) is 7.18. The fraction of sp³-hybridized carbons (Fsp3) is 0.364. The number of hydrogen-bond donors (Lipinski definition) is 2. The highest BCUT2D eigenvalue weighted by Gasteiger charge is 2.13. The molecule has 3 rings (SSSR count). The Morgan fingerprint density at radius 3 is 2.57 bits per heavy atom. The first-order chi connectivity index (χ1) is 13.4. The Kier molecular flexibility index (Phi) is 6.54. The third-order valence-corrected chi connectivity index (χ3v) is 6.22. The lowest BCUT2D eigenvalue weighted by molar-refractivity contribution is 0.135. The van der Waals surface area contributed by atoms with E-state index < -0.39 is 10.0 Å². The van der Waals surface area contributed by atoms with Gasteiger partial charge in [-0.25, -0.2) is 13.1 Å². The number of aromatic nitrogens is 1. The zero-order valence-corrected chi connectivity index (χ0v) is 17.5. The second kappa shape index (κ2) is 8.90. The van der Waals surface area contributed by atoms with E-state index in [-0.39, 0.29) is 12.4 Å². The summed E-state index contributed by atoms with van der Waals surface area (Å²) in [7, 11) is -3.36. The molecule has 0 bridgehead atoms. The SMILES string of the molecule is Cc1cc(C)c2[nH]c(C)c(CCNS(=O)(=O)CCOCc3ccccc3)c2c1. The molecule has 0 saturated carbocycles. The van der Waals surface area contributed by atoms with Gasteiger partial charge < -0.3 is 9.72 Å². The molecule has 0 fully saturated rings. The molecule has 1 aromatic heterocycles. The molecule has 0 aliphatic carbocycles. The number of fused-ring (bicyclic) bond motifs is 1. The number of ether oxygens (including phenoxy) is 1. The minimum Gasteiger partial charge on any atom is -0.376 e. The molecule has 0 amide bonds. The van der Waals surface area contributed by atoms with Gasteiger partial charge >= 0.3 is 0 Å². The lowest BCUT2D eigenvalue weighted by Gasteiger charge is -2.08. The van der Waals surface area contributed by atoms with Crippen LogP contribution in [0.3, 0.4) is 0 Å². The fourth-order valence-electron chi connectivity index (χ4n) is 3.50. The molecule has 0 radical (unpaired) electrons. The van der Waals surface area contributed by atoms with Gasteiger partial charge in [0.15, 0.2) is 0 Å². The van der Waals surface area contributed by atoms with Gasteiger partial charge in [0.05, 0.1) is 19.0 Å². The monoisotopic (exact) mass is 400 g/mol. The maximum atomic E-state index is 12.2. The zero-order valence-electron chi connectivity index (χ0n) is 16.7. The van der Waals surface area contributed by atoms with E-state index in [0.717, 1.165) is 16.8 Å². The average molecular weight is 401 g/mol. The molecule has 5 nitrogen and oxygen atoms in total. The van der Waals surface area contributed by atoms with Crippen molar-refractivity contribution in [1.82, 2.24) is 9.71 Å². The number of sulfonamides is 1. The van der Waals surface area contributed by atoms with Crippen molar-refractivity contribution >= 4 is 20.9 Å². The van der Waals surface area contributed by atoms with Gasteiger partial charge in [0, 0.05) is 23.1 Å². The van der Waals surface area contributed by atoms with Crippen LogP contribution < -0.4 is 4.72 Å². The molecule has 1 heterocycles. The molecule has 6 heteroatoms. The average Bonchev–Trinajstić information content (AvgIpc) is 2.96. The molecule has 3 aromatic rings. The van der Waals surface area contributed by atoms with E-state index in [2.05, 4.69) is 35.7 Å². The Morgan fingerprint density at radius 2 is 1.82 bits per heavy atom. The number of benzene rings is 2. The molecular weight excluding hydrogens is 372 g/mol. The number of rotatable bonds is 9. The van der Waals surface area contributed by atoms with E-state index in [0.29, 0.717) is 19.6 Å². The van der Waals surface area contributed by atoms with Crippen molar-refractivity contribution < 1.29 is 13.2 Å². The lowest BCUT2D eigenvalue weighted by atomic mass is 10.0. The fourth-order valence-corrected chi connectivity index (χ4v) is 4.39. The molecule has 2 aromatic carbocycles. The number of hydrogen-bond acceptors (Lipinski definition) is 3. The summed E-state index contributed by atoms with van der Waals surface area (Å²) in [5.41, 5.74) is 6.85. The number of nitrogens with one attached hydrogen (secondary N) is 2. The normalized spacial score (nSPS) is 12.0. The summed E-state index contributed by atoms with van der Waals surface area (Å²) in [6, 6.07) is 14.0.